The van der Waals surface area contributed by atoms with E-state index in [4.69, 9.17) is 9.15 Å². The van der Waals surface area contributed by atoms with E-state index in [1.165, 1.54) is 31.5 Å². The molecule has 1 aromatic rings. The smallest absolute Gasteiger partial charge is 0.136 e. The van der Waals surface area contributed by atoms with Crippen molar-refractivity contribution in [1.82, 2.24) is 4.90 Å². The molecule has 0 amide bonds. The maximum Gasteiger partial charge on any atom is 0.136 e. The number of aliphatic hydroxyl groups is 2. The van der Waals surface area contributed by atoms with E-state index >= 15 is 0 Å². The zero-order valence-corrected chi connectivity index (χ0v) is 21.1. The van der Waals surface area contributed by atoms with Crippen molar-refractivity contribution < 1.29 is 19.4 Å². The normalized spacial score (nSPS) is 46.6. The lowest BCUT2D eigenvalue weighted by molar-refractivity contribution is -0.237. The van der Waals surface area contributed by atoms with E-state index in [0.29, 0.717) is 12.5 Å². The highest BCUT2D eigenvalue weighted by molar-refractivity contribution is 5.32. The van der Waals surface area contributed by atoms with Crippen LogP contribution in [0, 0.1) is 22.7 Å². The fourth-order valence-electron chi connectivity index (χ4n) is 9.17. The van der Waals surface area contributed by atoms with Crippen molar-refractivity contribution in [3.05, 3.63) is 35.8 Å². The molecule has 3 saturated carbocycles. The van der Waals surface area contributed by atoms with Crippen molar-refractivity contribution in [3.8, 4) is 0 Å². The molecule has 0 spiro atoms. The topological polar surface area (TPSA) is 66.1 Å². The summed E-state index contributed by atoms with van der Waals surface area (Å²) in [5, 5.41) is 23.0. The molecule has 2 heterocycles. The molecule has 0 aromatic carbocycles. The van der Waals surface area contributed by atoms with Crippen molar-refractivity contribution in [2.75, 3.05) is 26.2 Å². The highest BCUT2D eigenvalue weighted by atomic mass is 16.5. The van der Waals surface area contributed by atoms with Gasteiger partial charge in [-0.3, -0.25) is 0 Å². The number of furan rings is 1. The number of rotatable bonds is 5. The average molecular weight is 470 g/mol. The van der Waals surface area contributed by atoms with Crippen molar-refractivity contribution in [3.63, 3.8) is 0 Å². The van der Waals surface area contributed by atoms with E-state index in [1.807, 2.05) is 6.07 Å². The van der Waals surface area contributed by atoms with Gasteiger partial charge in [0, 0.05) is 12.0 Å². The molecule has 1 aliphatic heterocycles. The Bertz CT molecular complexity index is 923. The molecular weight excluding hydrogens is 426 g/mol. The van der Waals surface area contributed by atoms with E-state index in [9.17, 15) is 10.2 Å². The monoisotopic (exact) mass is 469 g/mol. The molecule has 7 atom stereocenters. The second-order valence-corrected chi connectivity index (χ2v) is 12.5. The maximum atomic E-state index is 12.7. The minimum absolute atomic E-state index is 0.103. The summed E-state index contributed by atoms with van der Waals surface area (Å²) in [6.07, 6.45) is 13.8. The van der Waals surface area contributed by atoms with E-state index in [1.54, 1.807) is 6.26 Å². The quantitative estimate of drug-likeness (QED) is 0.593. The number of nitrogens with zero attached hydrogens (tertiary/aromatic N) is 1. The third kappa shape index (κ3) is 3.12. The summed E-state index contributed by atoms with van der Waals surface area (Å²) in [4.78, 5) is 2.50. The molecular formula is C29H43NO4. The van der Waals surface area contributed by atoms with Gasteiger partial charge < -0.3 is 24.3 Å². The van der Waals surface area contributed by atoms with Crippen molar-refractivity contribution in [1.29, 1.82) is 0 Å². The second-order valence-electron chi connectivity index (χ2n) is 12.5. The largest absolute Gasteiger partial charge is 0.466 e. The van der Waals surface area contributed by atoms with Gasteiger partial charge in [0.2, 0.25) is 0 Å². The van der Waals surface area contributed by atoms with Crippen LogP contribution in [0.25, 0.3) is 0 Å². The molecule has 34 heavy (non-hydrogen) atoms. The van der Waals surface area contributed by atoms with E-state index in [2.05, 4.69) is 30.9 Å². The van der Waals surface area contributed by atoms with Crippen LogP contribution in [0.5, 0.6) is 0 Å². The molecule has 1 aromatic heterocycles. The number of hydrogen-bond donors (Lipinski definition) is 2. The Hall–Kier alpha value is -1.14. The third-order valence-electron chi connectivity index (χ3n) is 11.3. The SMILES string of the molecule is C[C@]12CCC(O)CC1=CC[C@@H]1[C@H]2CC[C@]2(C)C(OCCN3CCCC3)(c3ccco3)CC[C@@]12O. The lowest BCUT2D eigenvalue weighted by Gasteiger charge is -2.62. The Kier molecular flexibility index (Phi) is 5.61. The first-order chi connectivity index (χ1) is 16.3. The molecule has 2 unspecified atom stereocenters. The molecule has 2 N–H and O–H groups in total. The highest BCUT2D eigenvalue weighted by Gasteiger charge is 2.73. The van der Waals surface area contributed by atoms with Crippen molar-refractivity contribution >= 4 is 0 Å². The van der Waals surface area contributed by atoms with Gasteiger partial charge in [-0.2, -0.15) is 0 Å². The van der Waals surface area contributed by atoms with Crippen molar-refractivity contribution in [2.24, 2.45) is 22.7 Å². The van der Waals surface area contributed by atoms with Crippen LogP contribution >= 0.6 is 0 Å². The Morgan fingerprint density at radius 2 is 1.91 bits per heavy atom. The lowest BCUT2D eigenvalue weighted by Crippen LogP contribution is -2.63. The number of fused-ring (bicyclic) bond motifs is 5. The summed E-state index contributed by atoms with van der Waals surface area (Å²) in [5.74, 6) is 1.59. The Morgan fingerprint density at radius 3 is 2.68 bits per heavy atom. The molecule has 4 fully saturated rings. The first-order valence-electron chi connectivity index (χ1n) is 13.8. The first-order valence-corrected chi connectivity index (χ1v) is 13.8. The molecule has 6 rings (SSSR count). The average Bonchev–Trinajstić information content (AvgIpc) is 3.57. The predicted octanol–water partition coefficient (Wildman–Crippen LogP) is 5.03. The van der Waals surface area contributed by atoms with Gasteiger partial charge >= 0.3 is 0 Å². The van der Waals surface area contributed by atoms with Gasteiger partial charge in [0.25, 0.3) is 0 Å². The van der Waals surface area contributed by atoms with Crippen LogP contribution in [0.4, 0.5) is 0 Å². The van der Waals surface area contributed by atoms with Crippen LogP contribution in [0.2, 0.25) is 0 Å². The summed E-state index contributed by atoms with van der Waals surface area (Å²) >= 11 is 0. The molecule has 5 nitrogen and oxygen atoms in total. The molecule has 0 bridgehead atoms. The second kappa shape index (κ2) is 8.19. The molecule has 5 heteroatoms. The zero-order chi connectivity index (χ0) is 23.6. The Morgan fingerprint density at radius 1 is 1.09 bits per heavy atom. The van der Waals surface area contributed by atoms with E-state index in [0.717, 1.165) is 63.7 Å². The number of aliphatic hydroxyl groups excluding tert-OH is 1. The van der Waals surface area contributed by atoms with E-state index < -0.39 is 11.2 Å². The molecule has 4 aliphatic carbocycles. The minimum atomic E-state index is -0.780. The fraction of sp³-hybridized carbons (Fsp3) is 0.793. The standard InChI is InChI=1S/C29H43NO4/c1-26-11-9-22(31)20-21(26)7-8-24-23(26)10-12-27(2)28(24,32)13-14-29(27,25-6-5-18-33-25)34-19-17-30-15-3-4-16-30/h5-7,18,22-24,31-32H,3-4,8-17,19-20H2,1-2H3/t22?,23-,24-,26+,27+,28-,29?/m1/s1. The fourth-order valence-corrected chi connectivity index (χ4v) is 9.17. The van der Waals surface area contributed by atoms with Gasteiger partial charge in [-0.1, -0.05) is 25.5 Å². The van der Waals surface area contributed by atoms with Crippen molar-refractivity contribution in [2.45, 2.75) is 95.4 Å². The number of likely N-dealkylation sites (tertiary alicyclic amines) is 1. The summed E-state index contributed by atoms with van der Waals surface area (Å²) in [7, 11) is 0. The summed E-state index contributed by atoms with van der Waals surface area (Å²) in [6.45, 7) is 8.68. The number of ether oxygens (including phenoxy) is 1. The van der Waals surface area contributed by atoms with Gasteiger partial charge in [0.15, 0.2) is 0 Å². The van der Waals surface area contributed by atoms with E-state index in [-0.39, 0.29) is 22.9 Å². The van der Waals surface area contributed by atoms with Crippen LogP contribution in [0.3, 0.4) is 0 Å². The summed E-state index contributed by atoms with van der Waals surface area (Å²) < 4.78 is 13.0. The first kappa shape index (κ1) is 23.3. The summed E-state index contributed by atoms with van der Waals surface area (Å²) in [6, 6.07) is 4.04. The molecule has 5 aliphatic rings. The Balaban J connectivity index is 1.33. The van der Waals surface area contributed by atoms with Crippen LogP contribution in [0.15, 0.2) is 34.5 Å². The van der Waals surface area contributed by atoms with Crippen LogP contribution in [-0.2, 0) is 10.3 Å². The Labute approximate surface area is 204 Å². The van der Waals surface area contributed by atoms with Gasteiger partial charge in [-0.25, -0.2) is 0 Å². The zero-order valence-electron chi connectivity index (χ0n) is 21.1. The van der Waals surface area contributed by atoms with Crippen LogP contribution in [0.1, 0.15) is 83.8 Å². The number of hydrogen-bond acceptors (Lipinski definition) is 5. The van der Waals surface area contributed by atoms with Gasteiger partial charge in [-0.15, -0.1) is 0 Å². The highest BCUT2D eigenvalue weighted by Crippen LogP contribution is 2.71. The van der Waals surface area contributed by atoms with Crippen LogP contribution in [-0.4, -0.2) is 53.1 Å². The maximum absolute atomic E-state index is 12.7. The lowest BCUT2D eigenvalue weighted by atomic mass is 9.45. The predicted molar refractivity (Wildman–Crippen MR) is 131 cm³/mol. The number of allylic oxidation sites excluding steroid dienone is 1. The van der Waals surface area contributed by atoms with Gasteiger partial charge in [-0.05, 0) is 107 Å². The van der Waals surface area contributed by atoms with Crippen LogP contribution < -0.4 is 0 Å². The van der Waals surface area contributed by atoms with Gasteiger partial charge in [0.05, 0.1) is 24.6 Å². The molecule has 0 radical (unpaired) electrons. The van der Waals surface area contributed by atoms with Gasteiger partial charge in [0.1, 0.15) is 11.4 Å². The summed E-state index contributed by atoms with van der Waals surface area (Å²) in [5.41, 5.74) is -0.205. The third-order valence-corrected chi connectivity index (χ3v) is 11.3. The molecule has 1 saturated heterocycles. The minimum Gasteiger partial charge on any atom is -0.466 e. The molecule has 188 valence electrons.